The Morgan fingerprint density at radius 1 is 1.10 bits per heavy atom. The summed E-state index contributed by atoms with van der Waals surface area (Å²) < 4.78 is 0. The van der Waals surface area contributed by atoms with E-state index < -0.39 is 6.04 Å². The van der Waals surface area contributed by atoms with Crippen molar-refractivity contribution in [1.82, 2.24) is 4.90 Å². The minimum Gasteiger partial charge on any atom is -0.301 e. The molecule has 0 atom stereocenters. The van der Waals surface area contributed by atoms with E-state index in [-0.39, 0.29) is 0 Å². The maximum Gasteiger partial charge on any atom is 0.144 e. The van der Waals surface area contributed by atoms with Crippen molar-refractivity contribution in [2.45, 2.75) is 18.9 Å². The standard InChI is InChI=1S/C7H11NO2/c9-5-7(6-10)8-3-1-2-4-8/h5-7H,1-4H2. The summed E-state index contributed by atoms with van der Waals surface area (Å²) >= 11 is 0. The van der Waals surface area contributed by atoms with Crippen LogP contribution in [-0.4, -0.2) is 36.6 Å². The molecule has 3 heteroatoms. The van der Waals surface area contributed by atoms with E-state index >= 15 is 0 Å². The van der Waals surface area contributed by atoms with Crippen LogP contribution in [-0.2, 0) is 9.59 Å². The Labute approximate surface area is 60.0 Å². The van der Waals surface area contributed by atoms with E-state index in [1.807, 2.05) is 4.90 Å². The van der Waals surface area contributed by atoms with Crippen molar-refractivity contribution in [2.75, 3.05) is 13.1 Å². The van der Waals surface area contributed by atoms with Gasteiger partial charge in [-0.15, -0.1) is 0 Å². The van der Waals surface area contributed by atoms with Gasteiger partial charge in [0.2, 0.25) is 0 Å². The van der Waals surface area contributed by atoms with Crippen LogP contribution in [0.5, 0.6) is 0 Å². The lowest BCUT2D eigenvalue weighted by molar-refractivity contribution is -0.120. The molecule has 10 heavy (non-hydrogen) atoms. The van der Waals surface area contributed by atoms with E-state index in [1.165, 1.54) is 0 Å². The number of rotatable bonds is 3. The highest BCUT2D eigenvalue weighted by molar-refractivity contribution is 5.82. The minimum atomic E-state index is -0.484. The van der Waals surface area contributed by atoms with Crippen LogP contribution in [0.25, 0.3) is 0 Å². The summed E-state index contributed by atoms with van der Waals surface area (Å²) in [5, 5.41) is 0. The molecule has 0 radical (unpaired) electrons. The van der Waals surface area contributed by atoms with Gasteiger partial charge in [0.15, 0.2) is 0 Å². The number of carbonyl (C=O) groups is 2. The van der Waals surface area contributed by atoms with Crippen molar-refractivity contribution in [3.63, 3.8) is 0 Å². The smallest absolute Gasteiger partial charge is 0.144 e. The highest BCUT2D eigenvalue weighted by atomic mass is 16.1. The minimum absolute atomic E-state index is 0.484. The van der Waals surface area contributed by atoms with Crippen molar-refractivity contribution < 1.29 is 9.59 Å². The van der Waals surface area contributed by atoms with Gasteiger partial charge in [0.05, 0.1) is 0 Å². The van der Waals surface area contributed by atoms with Crippen LogP contribution in [0, 0.1) is 0 Å². The van der Waals surface area contributed by atoms with Crippen LogP contribution in [0.15, 0.2) is 0 Å². The Morgan fingerprint density at radius 3 is 2.00 bits per heavy atom. The summed E-state index contributed by atoms with van der Waals surface area (Å²) in [6.07, 6.45) is 3.63. The molecule has 1 fully saturated rings. The molecule has 1 aliphatic heterocycles. The van der Waals surface area contributed by atoms with Crippen molar-refractivity contribution in [2.24, 2.45) is 0 Å². The number of aldehydes is 2. The van der Waals surface area contributed by atoms with Gasteiger partial charge in [0, 0.05) is 0 Å². The van der Waals surface area contributed by atoms with Crippen molar-refractivity contribution >= 4 is 12.6 Å². The average Bonchev–Trinajstić information content (AvgIpc) is 2.43. The van der Waals surface area contributed by atoms with E-state index in [2.05, 4.69) is 0 Å². The zero-order valence-electron chi connectivity index (χ0n) is 5.82. The molecule has 1 aliphatic rings. The van der Waals surface area contributed by atoms with Gasteiger partial charge in [-0.05, 0) is 25.9 Å². The summed E-state index contributed by atoms with van der Waals surface area (Å²) in [7, 11) is 0. The van der Waals surface area contributed by atoms with Gasteiger partial charge in [-0.2, -0.15) is 0 Å². The third kappa shape index (κ3) is 1.42. The molecule has 0 unspecified atom stereocenters. The molecule has 1 rings (SSSR count). The lowest BCUT2D eigenvalue weighted by Gasteiger charge is -2.15. The molecule has 56 valence electrons. The molecular formula is C7H11NO2. The summed E-state index contributed by atoms with van der Waals surface area (Å²) in [5.74, 6) is 0. The Hall–Kier alpha value is -0.700. The second-order valence-electron chi connectivity index (χ2n) is 2.51. The first-order valence-corrected chi connectivity index (χ1v) is 3.53. The van der Waals surface area contributed by atoms with Gasteiger partial charge < -0.3 is 9.59 Å². The lowest BCUT2D eigenvalue weighted by atomic mass is 10.3. The zero-order valence-corrected chi connectivity index (χ0v) is 5.82. The molecule has 0 aromatic rings. The van der Waals surface area contributed by atoms with E-state index in [4.69, 9.17) is 0 Å². The topological polar surface area (TPSA) is 37.4 Å². The number of hydrogen-bond donors (Lipinski definition) is 0. The average molecular weight is 141 g/mol. The molecule has 1 heterocycles. The molecule has 0 aromatic carbocycles. The van der Waals surface area contributed by atoms with Crippen LogP contribution < -0.4 is 0 Å². The number of hydrogen-bond acceptors (Lipinski definition) is 3. The van der Waals surface area contributed by atoms with E-state index in [9.17, 15) is 9.59 Å². The molecule has 3 nitrogen and oxygen atoms in total. The monoisotopic (exact) mass is 141 g/mol. The molecule has 0 aliphatic carbocycles. The Bertz CT molecular complexity index is 122. The Morgan fingerprint density at radius 2 is 1.60 bits per heavy atom. The molecule has 0 aromatic heterocycles. The quantitative estimate of drug-likeness (QED) is 0.405. The van der Waals surface area contributed by atoms with Crippen molar-refractivity contribution in [3.8, 4) is 0 Å². The second kappa shape index (κ2) is 3.46. The maximum atomic E-state index is 10.3. The summed E-state index contributed by atoms with van der Waals surface area (Å²) in [4.78, 5) is 22.4. The number of likely N-dealkylation sites (tertiary alicyclic amines) is 1. The molecule has 1 saturated heterocycles. The molecule has 0 amide bonds. The summed E-state index contributed by atoms with van der Waals surface area (Å²) in [5.41, 5.74) is 0. The summed E-state index contributed by atoms with van der Waals surface area (Å²) in [6.45, 7) is 1.78. The molecule has 0 bridgehead atoms. The second-order valence-corrected chi connectivity index (χ2v) is 2.51. The largest absolute Gasteiger partial charge is 0.301 e. The lowest BCUT2D eigenvalue weighted by Crippen LogP contribution is -2.34. The van der Waals surface area contributed by atoms with Gasteiger partial charge in [0.25, 0.3) is 0 Å². The zero-order chi connectivity index (χ0) is 7.40. The predicted molar refractivity (Wildman–Crippen MR) is 36.7 cm³/mol. The summed E-state index contributed by atoms with van der Waals surface area (Å²) in [6, 6.07) is -0.484. The van der Waals surface area contributed by atoms with Crippen molar-refractivity contribution in [3.05, 3.63) is 0 Å². The molecular weight excluding hydrogens is 130 g/mol. The fourth-order valence-electron chi connectivity index (χ4n) is 1.24. The highest BCUT2D eigenvalue weighted by Crippen LogP contribution is 2.08. The van der Waals surface area contributed by atoms with Crippen LogP contribution in [0.1, 0.15) is 12.8 Å². The van der Waals surface area contributed by atoms with Crippen LogP contribution in [0.2, 0.25) is 0 Å². The Kier molecular flexibility index (Phi) is 2.57. The van der Waals surface area contributed by atoms with Gasteiger partial charge in [-0.25, -0.2) is 0 Å². The number of carbonyl (C=O) groups excluding carboxylic acids is 2. The van der Waals surface area contributed by atoms with E-state index in [0.29, 0.717) is 12.6 Å². The fraction of sp³-hybridized carbons (Fsp3) is 0.714. The Balaban J connectivity index is 2.43. The fourth-order valence-corrected chi connectivity index (χ4v) is 1.24. The van der Waals surface area contributed by atoms with Crippen LogP contribution >= 0.6 is 0 Å². The first-order valence-electron chi connectivity index (χ1n) is 3.53. The van der Waals surface area contributed by atoms with Gasteiger partial charge in [-0.3, -0.25) is 4.90 Å². The van der Waals surface area contributed by atoms with E-state index in [0.717, 1.165) is 25.9 Å². The number of nitrogens with zero attached hydrogens (tertiary/aromatic N) is 1. The molecule has 0 N–H and O–H groups in total. The highest BCUT2D eigenvalue weighted by Gasteiger charge is 2.19. The van der Waals surface area contributed by atoms with Gasteiger partial charge >= 0.3 is 0 Å². The first kappa shape index (κ1) is 7.41. The SMILES string of the molecule is O=CC(C=O)N1CCCC1. The van der Waals surface area contributed by atoms with Crippen LogP contribution in [0.4, 0.5) is 0 Å². The normalized spacial score (nSPS) is 19.7. The molecule has 0 spiro atoms. The van der Waals surface area contributed by atoms with Crippen molar-refractivity contribution in [1.29, 1.82) is 0 Å². The first-order chi connectivity index (χ1) is 4.88. The third-order valence-corrected chi connectivity index (χ3v) is 1.84. The van der Waals surface area contributed by atoms with E-state index in [1.54, 1.807) is 0 Å². The maximum absolute atomic E-state index is 10.3. The third-order valence-electron chi connectivity index (χ3n) is 1.84. The van der Waals surface area contributed by atoms with Gasteiger partial charge in [0.1, 0.15) is 18.6 Å². The van der Waals surface area contributed by atoms with Crippen LogP contribution in [0.3, 0.4) is 0 Å². The predicted octanol–water partition coefficient (Wildman–Crippen LogP) is -0.151. The van der Waals surface area contributed by atoms with Gasteiger partial charge in [-0.1, -0.05) is 0 Å². The molecule has 0 saturated carbocycles.